The highest BCUT2D eigenvalue weighted by Gasteiger charge is 2.31. The van der Waals surface area contributed by atoms with Crippen LogP contribution in [0.2, 0.25) is 0 Å². The average molecular weight is 377 g/mol. The normalized spacial score (nSPS) is 12.2. The van der Waals surface area contributed by atoms with Gasteiger partial charge in [-0.1, -0.05) is 30.3 Å². The molecule has 0 saturated heterocycles. The van der Waals surface area contributed by atoms with Gasteiger partial charge in [0.25, 0.3) is 0 Å². The molecule has 0 aliphatic rings. The van der Waals surface area contributed by atoms with E-state index in [9.17, 15) is 18.0 Å². The van der Waals surface area contributed by atoms with Crippen LogP contribution in [0.25, 0.3) is 22.0 Å². The summed E-state index contributed by atoms with van der Waals surface area (Å²) in [5, 5.41) is 0.453. The van der Waals surface area contributed by atoms with E-state index >= 15 is 0 Å². The average Bonchev–Trinajstić information content (AvgIpc) is 2.91. The first kappa shape index (κ1) is 18.8. The lowest BCUT2D eigenvalue weighted by atomic mass is 10.0. The van der Waals surface area contributed by atoms with Crippen LogP contribution >= 0.6 is 0 Å². The third-order valence-corrected chi connectivity index (χ3v) is 3.68. The van der Waals surface area contributed by atoms with Gasteiger partial charge < -0.3 is 9.47 Å². The van der Waals surface area contributed by atoms with Gasteiger partial charge in [0.1, 0.15) is 11.4 Å². The number of alkyl halides is 3. The first-order valence-electron chi connectivity index (χ1n) is 8.23. The lowest BCUT2D eigenvalue weighted by molar-refractivity contribution is -0.274. The van der Waals surface area contributed by atoms with E-state index in [0.29, 0.717) is 16.5 Å². The Kier molecular flexibility index (Phi) is 4.63. The first-order chi connectivity index (χ1) is 12.5. The highest BCUT2D eigenvalue weighted by atomic mass is 19.4. The molecule has 3 rings (SSSR count). The zero-order chi connectivity index (χ0) is 19.8. The molecular formula is C20H18F3NO3. The van der Waals surface area contributed by atoms with Gasteiger partial charge in [0.05, 0.1) is 5.52 Å². The molecule has 7 heteroatoms. The Morgan fingerprint density at radius 2 is 1.67 bits per heavy atom. The number of fused-ring (bicyclic) bond motifs is 1. The van der Waals surface area contributed by atoms with E-state index in [4.69, 9.17) is 4.74 Å². The topological polar surface area (TPSA) is 40.5 Å². The van der Waals surface area contributed by atoms with Crippen LogP contribution in [-0.2, 0) is 4.74 Å². The largest absolute Gasteiger partial charge is 0.573 e. The van der Waals surface area contributed by atoms with Crippen molar-refractivity contribution < 1.29 is 27.4 Å². The molecule has 1 heterocycles. The second-order valence-corrected chi connectivity index (χ2v) is 6.99. The third kappa shape index (κ3) is 4.42. The van der Waals surface area contributed by atoms with Gasteiger partial charge in [0, 0.05) is 17.1 Å². The molecule has 4 nitrogen and oxygen atoms in total. The van der Waals surface area contributed by atoms with Gasteiger partial charge in [-0.25, -0.2) is 4.79 Å². The van der Waals surface area contributed by atoms with E-state index in [1.54, 1.807) is 27.0 Å². The Bertz CT molecular complexity index is 970. The number of hydrogen-bond donors (Lipinski definition) is 0. The lowest BCUT2D eigenvalue weighted by Crippen LogP contribution is -2.26. The summed E-state index contributed by atoms with van der Waals surface area (Å²) in [7, 11) is 0. The first-order valence-corrected chi connectivity index (χ1v) is 8.23. The summed E-state index contributed by atoms with van der Waals surface area (Å²) in [4.78, 5) is 12.6. The molecule has 0 spiro atoms. The van der Waals surface area contributed by atoms with Gasteiger partial charge in [0.15, 0.2) is 0 Å². The van der Waals surface area contributed by atoms with Crippen molar-refractivity contribution in [3.05, 3.63) is 54.7 Å². The van der Waals surface area contributed by atoms with E-state index < -0.39 is 18.1 Å². The molecule has 0 fully saturated rings. The van der Waals surface area contributed by atoms with Crippen LogP contribution < -0.4 is 4.74 Å². The Balaban J connectivity index is 2.16. The van der Waals surface area contributed by atoms with Crippen molar-refractivity contribution in [1.29, 1.82) is 0 Å². The van der Waals surface area contributed by atoms with E-state index in [1.807, 2.05) is 30.3 Å². The molecule has 1 aromatic heterocycles. The number of rotatable bonds is 2. The van der Waals surface area contributed by atoms with Crippen molar-refractivity contribution >= 4 is 17.0 Å². The Labute approximate surface area is 154 Å². The van der Waals surface area contributed by atoms with Crippen molar-refractivity contribution in [2.45, 2.75) is 32.7 Å². The standard InChI is InChI=1S/C20H18F3NO3/c1-19(2,3)27-18(25)24-12-16(13-7-5-4-6-8-13)15-11-14(9-10-17(15)24)26-20(21,22)23/h4-12H,1-3H3. The lowest BCUT2D eigenvalue weighted by Gasteiger charge is -2.19. The van der Waals surface area contributed by atoms with Crippen LogP contribution in [0.3, 0.4) is 0 Å². The highest BCUT2D eigenvalue weighted by Crippen LogP contribution is 2.35. The number of aromatic nitrogens is 1. The predicted molar refractivity (Wildman–Crippen MR) is 95.7 cm³/mol. The van der Waals surface area contributed by atoms with Crippen LogP contribution in [0.5, 0.6) is 5.75 Å². The molecule has 0 bridgehead atoms. The van der Waals surface area contributed by atoms with Gasteiger partial charge >= 0.3 is 12.5 Å². The van der Waals surface area contributed by atoms with Crippen LogP contribution in [0, 0.1) is 0 Å². The Morgan fingerprint density at radius 3 is 2.26 bits per heavy atom. The minimum Gasteiger partial charge on any atom is -0.443 e. The van der Waals surface area contributed by atoms with Crippen LogP contribution in [-0.4, -0.2) is 22.6 Å². The predicted octanol–water partition coefficient (Wildman–Crippen LogP) is 5.99. The number of carbonyl (C=O) groups is 1. The summed E-state index contributed by atoms with van der Waals surface area (Å²) >= 11 is 0. The quantitative estimate of drug-likeness (QED) is 0.551. The summed E-state index contributed by atoms with van der Waals surface area (Å²) in [5.74, 6) is -0.353. The maximum atomic E-state index is 12.6. The van der Waals surface area contributed by atoms with Crippen molar-refractivity contribution in [2.24, 2.45) is 0 Å². The van der Waals surface area contributed by atoms with Crippen molar-refractivity contribution in [2.75, 3.05) is 0 Å². The monoisotopic (exact) mass is 377 g/mol. The van der Waals surface area contributed by atoms with Crippen LogP contribution in [0.15, 0.2) is 54.7 Å². The summed E-state index contributed by atoms with van der Waals surface area (Å²) in [6.45, 7) is 5.22. The molecule has 0 radical (unpaired) electrons. The van der Waals surface area contributed by atoms with Gasteiger partial charge in [-0.2, -0.15) is 0 Å². The smallest absolute Gasteiger partial charge is 0.443 e. The summed E-state index contributed by atoms with van der Waals surface area (Å²) in [6.07, 6.45) is -3.85. The molecule has 0 aliphatic carbocycles. The maximum Gasteiger partial charge on any atom is 0.573 e. The van der Waals surface area contributed by atoms with Gasteiger partial charge in [0.2, 0.25) is 0 Å². The van der Waals surface area contributed by atoms with Gasteiger partial charge in [-0.15, -0.1) is 13.2 Å². The molecule has 0 unspecified atom stereocenters. The fourth-order valence-electron chi connectivity index (χ4n) is 2.72. The van der Waals surface area contributed by atoms with Gasteiger partial charge in [-0.3, -0.25) is 4.57 Å². The SMILES string of the molecule is CC(C)(C)OC(=O)n1cc(-c2ccccc2)c2cc(OC(F)(F)F)ccc21. The summed E-state index contributed by atoms with van der Waals surface area (Å²) < 4.78 is 48.5. The number of halogens is 3. The van der Waals surface area contributed by atoms with Crippen molar-refractivity contribution in [1.82, 2.24) is 4.57 Å². The molecule has 0 aliphatic heterocycles. The zero-order valence-corrected chi connectivity index (χ0v) is 15.0. The van der Waals surface area contributed by atoms with Crippen LogP contribution in [0.1, 0.15) is 20.8 Å². The number of ether oxygens (including phenoxy) is 2. The number of nitrogens with zero attached hydrogens (tertiary/aromatic N) is 1. The minimum atomic E-state index is -4.80. The second kappa shape index (κ2) is 6.64. The summed E-state index contributed by atoms with van der Waals surface area (Å²) in [5.41, 5.74) is 1.08. The fraction of sp³-hybridized carbons (Fsp3) is 0.250. The second-order valence-electron chi connectivity index (χ2n) is 6.99. The van der Waals surface area contributed by atoms with Crippen molar-refractivity contribution in [3.8, 4) is 16.9 Å². The molecular weight excluding hydrogens is 359 g/mol. The van der Waals surface area contributed by atoms with E-state index in [0.717, 1.165) is 5.56 Å². The number of benzene rings is 2. The molecule has 3 aromatic rings. The Hall–Kier alpha value is -2.96. The number of carbonyl (C=O) groups excluding carboxylic acids is 1. The molecule has 27 heavy (non-hydrogen) atoms. The Morgan fingerprint density at radius 1 is 1.00 bits per heavy atom. The molecule has 0 atom stereocenters. The minimum absolute atomic E-state index is 0.353. The van der Waals surface area contributed by atoms with E-state index in [-0.39, 0.29) is 5.75 Å². The van der Waals surface area contributed by atoms with Crippen molar-refractivity contribution in [3.63, 3.8) is 0 Å². The molecule has 0 N–H and O–H groups in total. The van der Waals surface area contributed by atoms with Gasteiger partial charge in [-0.05, 0) is 44.5 Å². The van der Waals surface area contributed by atoms with E-state index in [2.05, 4.69) is 4.74 Å². The van der Waals surface area contributed by atoms with Crippen LogP contribution in [0.4, 0.5) is 18.0 Å². The maximum absolute atomic E-state index is 12.6. The van der Waals surface area contributed by atoms with E-state index in [1.165, 1.54) is 22.8 Å². The highest BCUT2D eigenvalue weighted by molar-refractivity contribution is 6.01. The fourth-order valence-corrected chi connectivity index (χ4v) is 2.72. The molecule has 0 saturated carbocycles. The number of hydrogen-bond acceptors (Lipinski definition) is 3. The third-order valence-electron chi connectivity index (χ3n) is 3.68. The molecule has 142 valence electrons. The zero-order valence-electron chi connectivity index (χ0n) is 15.0. The summed E-state index contributed by atoms with van der Waals surface area (Å²) in [6, 6.07) is 12.9. The molecule has 0 amide bonds. The molecule has 2 aromatic carbocycles.